The lowest BCUT2D eigenvalue weighted by Gasteiger charge is -2.20. The van der Waals surface area contributed by atoms with Crippen molar-refractivity contribution in [3.63, 3.8) is 0 Å². The number of benzene rings is 2. The van der Waals surface area contributed by atoms with E-state index >= 15 is 0 Å². The number of nitrogens with zero attached hydrogens (tertiary/aromatic N) is 2. The third-order valence-corrected chi connectivity index (χ3v) is 3.58. The van der Waals surface area contributed by atoms with Crippen molar-refractivity contribution in [2.75, 3.05) is 0 Å². The van der Waals surface area contributed by atoms with Crippen molar-refractivity contribution < 1.29 is 4.39 Å². The Hall–Kier alpha value is -2.16. The molecule has 2 aromatic carbocycles. The molecule has 0 spiro atoms. The molecule has 3 aromatic rings. The van der Waals surface area contributed by atoms with Gasteiger partial charge in [0.2, 0.25) is 0 Å². The van der Waals surface area contributed by atoms with Gasteiger partial charge < -0.3 is 4.57 Å². The highest BCUT2D eigenvalue weighted by Gasteiger charge is 2.22. The number of fused-ring (bicyclic) bond motifs is 1. The van der Waals surface area contributed by atoms with Gasteiger partial charge in [-0.2, -0.15) is 0 Å². The molecule has 1 heterocycles. The van der Waals surface area contributed by atoms with Gasteiger partial charge >= 0.3 is 0 Å². The number of imidazole rings is 1. The topological polar surface area (TPSA) is 17.8 Å². The van der Waals surface area contributed by atoms with Crippen LogP contribution in [0, 0.1) is 5.82 Å². The lowest BCUT2D eigenvalue weighted by Crippen LogP contribution is -2.19. The number of hydrogen-bond acceptors (Lipinski definition) is 1. The zero-order valence-corrected chi connectivity index (χ0v) is 12.6. The van der Waals surface area contributed by atoms with E-state index in [1.165, 1.54) is 12.1 Å². The molecule has 0 saturated carbocycles. The molecule has 0 amide bonds. The van der Waals surface area contributed by atoms with Crippen molar-refractivity contribution in [3.05, 3.63) is 65.7 Å². The second kappa shape index (κ2) is 4.99. The minimum Gasteiger partial charge on any atom is -0.323 e. The van der Waals surface area contributed by atoms with E-state index in [1.807, 2.05) is 30.3 Å². The minimum atomic E-state index is -0.203. The Labute approximate surface area is 124 Å². The van der Waals surface area contributed by atoms with Crippen LogP contribution in [0.2, 0.25) is 0 Å². The van der Waals surface area contributed by atoms with E-state index in [-0.39, 0.29) is 11.2 Å². The van der Waals surface area contributed by atoms with Gasteiger partial charge in [-0.25, -0.2) is 9.37 Å². The molecule has 3 heteroatoms. The van der Waals surface area contributed by atoms with Crippen molar-refractivity contribution in [1.29, 1.82) is 0 Å². The average molecular weight is 282 g/mol. The van der Waals surface area contributed by atoms with Crippen molar-refractivity contribution in [1.82, 2.24) is 9.55 Å². The maximum absolute atomic E-state index is 13.1. The van der Waals surface area contributed by atoms with Crippen LogP contribution < -0.4 is 0 Å². The van der Waals surface area contributed by atoms with E-state index < -0.39 is 0 Å². The third-order valence-electron chi connectivity index (χ3n) is 3.58. The van der Waals surface area contributed by atoms with Crippen LogP contribution >= 0.6 is 0 Å². The van der Waals surface area contributed by atoms with E-state index in [2.05, 4.69) is 31.4 Å². The fraction of sp³-hybridized carbons (Fsp3) is 0.278. The largest absolute Gasteiger partial charge is 0.323 e. The first-order valence-corrected chi connectivity index (χ1v) is 7.15. The summed E-state index contributed by atoms with van der Waals surface area (Å²) < 4.78 is 15.3. The zero-order valence-electron chi connectivity index (χ0n) is 12.6. The van der Waals surface area contributed by atoms with Crippen LogP contribution in [0.1, 0.15) is 32.2 Å². The highest BCUT2D eigenvalue weighted by Crippen LogP contribution is 2.27. The standard InChI is InChI=1S/C18H19FN2/c1-18(2,3)17-20-15-6-4-5-7-16(15)21(17)12-13-8-10-14(19)11-9-13/h4-11H,12H2,1-3H3. The van der Waals surface area contributed by atoms with E-state index in [4.69, 9.17) is 4.98 Å². The molecule has 0 radical (unpaired) electrons. The highest BCUT2D eigenvalue weighted by molar-refractivity contribution is 5.76. The number of halogens is 1. The van der Waals surface area contributed by atoms with Crippen LogP contribution in [0.15, 0.2) is 48.5 Å². The molecular formula is C18H19FN2. The predicted molar refractivity (Wildman–Crippen MR) is 83.9 cm³/mol. The summed E-state index contributed by atoms with van der Waals surface area (Å²) in [4.78, 5) is 4.79. The van der Waals surface area contributed by atoms with Crippen LogP contribution in [0.3, 0.4) is 0 Å². The van der Waals surface area contributed by atoms with Gasteiger partial charge in [-0.1, -0.05) is 45.0 Å². The Kier molecular flexibility index (Phi) is 3.28. The molecular weight excluding hydrogens is 263 g/mol. The summed E-state index contributed by atoms with van der Waals surface area (Å²) in [5.41, 5.74) is 3.15. The summed E-state index contributed by atoms with van der Waals surface area (Å²) in [5, 5.41) is 0. The van der Waals surface area contributed by atoms with E-state index in [9.17, 15) is 4.39 Å². The fourth-order valence-corrected chi connectivity index (χ4v) is 2.58. The molecule has 21 heavy (non-hydrogen) atoms. The molecule has 108 valence electrons. The molecule has 0 saturated heterocycles. The molecule has 0 aliphatic heterocycles. The summed E-state index contributed by atoms with van der Waals surface area (Å²) in [7, 11) is 0. The number of para-hydroxylation sites is 2. The maximum atomic E-state index is 13.1. The molecule has 0 N–H and O–H groups in total. The average Bonchev–Trinajstić information content (AvgIpc) is 2.81. The molecule has 0 bridgehead atoms. The Morgan fingerprint density at radius 2 is 1.67 bits per heavy atom. The zero-order chi connectivity index (χ0) is 15.0. The molecule has 0 aliphatic carbocycles. The first-order valence-electron chi connectivity index (χ1n) is 7.15. The number of hydrogen-bond donors (Lipinski definition) is 0. The van der Waals surface area contributed by atoms with Crippen LogP contribution in [0.5, 0.6) is 0 Å². The fourth-order valence-electron chi connectivity index (χ4n) is 2.58. The van der Waals surface area contributed by atoms with E-state index in [0.717, 1.165) is 22.4 Å². The first kappa shape index (κ1) is 13.8. The second-order valence-corrected chi connectivity index (χ2v) is 6.39. The summed E-state index contributed by atoms with van der Waals surface area (Å²) >= 11 is 0. The third kappa shape index (κ3) is 2.68. The Balaban J connectivity index is 2.13. The van der Waals surface area contributed by atoms with Gasteiger partial charge in [0.15, 0.2) is 0 Å². The molecule has 3 rings (SSSR count). The molecule has 0 aliphatic rings. The van der Waals surface area contributed by atoms with Crippen LogP contribution in [-0.4, -0.2) is 9.55 Å². The SMILES string of the molecule is CC(C)(C)c1nc2ccccc2n1Cc1ccc(F)cc1. The molecule has 0 atom stereocenters. The van der Waals surface area contributed by atoms with Crippen LogP contribution in [0.4, 0.5) is 4.39 Å². The lowest BCUT2D eigenvalue weighted by atomic mass is 9.95. The summed E-state index contributed by atoms with van der Waals surface area (Å²) in [6, 6.07) is 14.8. The Morgan fingerprint density at radius 3 is 2.33 bits per heavy atom. The summed E-state index contributed by atoms with van der Waals surface area (Å²) in [6.45, 7) is 7.19. The van der Waals surface area contributed by atoms with Gasteiger partial charge in [0.05, 0.1) is 11.0 Å². The van der Waals surface area contributed by atoms with E-state index in [0.29, 0.717) is 6.54 Å². The van der Waals surface area contributed by atoms with Crippen LogP contribution in [-0.2, 0) is 12.0 Å². The molecule has 2 nitrogen and oxygen atoms in total. The number of aromatic nitrogens is 2. The normalized spacial score (nSPS) is 12.0. The molecule has 0 unspecified atom stereocenters. The summed E-state index contributed by atoms with van der Waals surface area (Å²) in [6.07, 6.45) is 0. The maximum Gasteiger partial charge on any atom is 0.123 e. The summed E-state index contributed by atoms with van der Waals surface area (Å²) in [5.74, 6) is 0.846. The predicted octanol–water partition coefficient (Wildman–Crippen LogP) is 4.52. The Bertz CT molecular complexity index is 764. The van der Waals surface area contributed by atoms with Crippen molar-refractivity contribution in [3.8, 4) is 0 Å². The monoisotopic (exact) mass is 282 g/mol. The second-order valence-electron chi connectivity index (χ2n) is 6.39. The van der Waals surface area contributed by atoms with Gasteiger partial charge in [0.25, 0.3) is 0 Å². The van der Waals surface area contributed by atoms with Gasteiger partial charge in [-0.05, 0) is 29.8 Å². The first-order chi connectivity index (χ1) is 9.95. The lowest BCUT2D eigenvalue weighted by molar-refractivity contribution is 0.516. The molecule has 1 aromatic heterocycles. The highest BCUT2D eigenvalue weighted by atomic mass is 19.1. The smallest absolute Gasteiger partial charge is 0.123 e. The van der Waals surface area contributed by atoms with Gasteiger partial charge in [0.1, 0.15) is 11.6 Å². The van der Waals surface area contributed by atoms with Crippen molar-refractivity contribution in [2.24, 2.45) is 0 Å². The number of rotatable bonds is 2. The Morgan fingerprint density at radius 1 is 1.00 bits per heavy atom. The molecule has 0 fully saturated rings. The van der Waals surface area contributed by atoms with Crippen LogP contribution in [0.25, 0.3) is 11.0 Å². The quantitative estimate of drug-likeness (QED) is 0.675. The van der Waals surface area contributed by atoms with Gasteiger partial charge in [-0.3, -0.25) is 0 Å². The van der Waals surface area contributed by atoms with Crippen molar-refractivity contribution >= 4 is 11.0 Å². The van der Waals surface area contributed by atoms with Gasteiger partial charge in [0, 0.05) is 12.0 Å². The minimum absolute atomic E-state index is 0.0426. The van der Waals surface area contributed by atoms with Gasteiger partial charge in [-0.15, -0.1) is 0 Å². The van der Waals surface area contributed by atoms with Crippen molar-refractivity contribution in [2.45, 2.75) is 32.7 Å². The van der Waals surface area contributed by atoms with E-state index in [1.54, 1.807) is 0 Å².